The third-order valence-electron chi connectivity index (χ3n) is 1.80. The van der Waals surface area contributed by atoms with Crippen LogP contribution in [0.2, 0.25) is 5.02 Å². The second-order valence-corrected chi connectivity index (χ2v) is 3.30. The van der Waals surface area contributed by atoms with Crippen LogP contribution in [0.3, 0.4) is 0 Å². The molecule has 1 aromatic rings. The molecule has 0 aromatic heterocycles. The average molecular weight is 218 g/mol. The van der Waals surface area contributed by atoms with Gasteiger partial charge in [-0.05, 0) is 24.6 Å². The first-order valence-corrected chi connectivity index (χ1v) is 4.58. The van der Waals surface area contributed by atoms with Crippen LogP contribution >= 0.6 is 11.6 Å². The van der Waals surface area contributed by atoms with Crippen molar-refractivity contribution in [1.82, 2.24) is 0 Å². The summed E-state index contributed by atoms with van der Waals surface area (Å²) in [5.41, 5.74) is 1.74. The van der Waals surface area contributed by atoms with Crippen LogP contribution in [0.5, 0.6) is 0 Å². The lowest BCUT2D eigenvalue weighted by atomic mass is 10.2. The quantitative estimate of drug-likeness (QED) is 0.775. The van der Waals surface area contributed by atoms with Crippen molar-refractivity contribution in [2.75, 3.05) is 5.32 Å². The van der Waals surface area contributed by atoms with Gasteiger partial charge in [-0.3, -0.25) is 0 Å². The van der Waals surface area contributed by atoms with Crippen molar-refractivity contribution in [2.45, 2.75) is 6.92 Å². The number of hydrogen-bond acceptors (Lipinski definition) is 3. The molecule has 0 radical (unpaired) electrons. The third-order valence-corrected chi connectivity index (χ3v) is 2.20. The Morgan fingerprint density at radius 3 is 2.60 bits per heavy atom. The first-order valence-electron chi connectivity index (χ1n) is 4.20. The van der Waals surface area contributed by atoms with E-state index in [-0.39, 0.29) is 5.57 Å². The summed E-state index contributed by atoms with van der Waals surface area (Å²) >= 11 is 5.91. The van der Waals surface area contributed by atoms with Crippen molar-refractivity contribution in [3.8, 4) is 12.1 Å². The first kappa shape index (κ1) is 11.1. The maximum atomic E-state index is 8.50. The third kappa shape index (κ3) is 3.02. The summed E-state index contributed by atoms with van der Waals surface area (Å²) in [6, 6.07) is 8.92. The second-order valence-electron chi connectivity index (χ2n) is 2.89. The summed E-state index contributed by atoms with van der Waals surface area (Å²) in [5, 5.41) is 20.5. The lowest BCUT2D eigenvalue weighted by Crippen LogP contribution is -1.90. The fourth-order valence-corrected chi connectivity index (χ4v) is 1.11. The molecule has 0 unspecified atom stereocenters. The lowest BCUT2D eigenvalue weighted by Gasteiger charge is -2.02. The number of halogens is 1. The highest BCUT2D eigenvalue weighted by Crippen LogP contribution is 2.19. The number of nitrogens with one attached hydrogen (secondary N) is 1. The number of hydrogen-bond donors (Lipinski definition) is 1. The Labute approximate surface area is 93.2 Å². The molecule has 0 spiro atoms. The largest absolute Gasteiger partial charge is 0.360 e. The molecule has 0 aliphatic carbocycles. The van der Waals surface area contributed by atoms with Gasteiger partial charge in [0.05, 0.1) is 0 Å². The Kier molecular flexibility index (Phi) is 3.74. The van der Waals surface area contributed by atoms with E-state index in [1.165, 1.54) is 6.20 Å². The highest BCUT2D eigenvalue weighted by atomic mass is 35.5. The van der Waals surface area contributed by atoms with Gasteiger partial charge < -0.3 is 5.32 Å². The van der Waals surface area contributed by atoms with Gasteiger partial charge in [-0.1, -0.05) is 17.7 Å². The van der Waals surface area contributed by atoms with Gasteiger partial charge in [0.1, 0.15) is 17.7 Å². The Balaban J connectivity index is 2.84. The van der Waals surface area contributed by atoms with E-state index in [0.29, 0.717) is 5.02 Å². The normalized spacial score (nSPS) is 8.53. The zero-order valence-electron chi connectivity index (χ0n) is 8.08. The minimum absolute atomic E-state index is 0.0201. The van der Waals surface area contributed by atoms with Gasteiger partial charge in [-0.15, -0.1) is 0 Å². The Hall–Kier alpha value is -1.97. The zero-order valence-corrected chi connectivity index (χ0v) is 8.84. The number of benzene rings is 1. The van der Waals surface area contributed by atoms with Crippen LogP contribution in [-0.2, 0) is 0 Å². The van der Waals surface area contributed by atoms with Gasteiger partial charge in [0.2, 0.25) is 0 Å². The van der Waals surface area contributed by atoms with Crippen LogP contribution in [-0.4, -0.2) is 0 Å². The maximum absolute atomic E-state index is 8.50. The fraction of sp³-hybridized carbons (Fsp3) is 0.0909. The molecule has 74 valence electrons. The van der Waals surface area contributed by atoms with Crippen molar-refractivity contribution in [3.63, 3.8) is 0 Å². The molecule has 3 nitrogen and oxygen atoms in total. The minimum atomic E-state index is 0.0201. The van der Waals surface area contributed by atoms with Crippen LogP contribution in [0, 0.1) is 29.6 Å². The molecule has 0 bridgehead atoms. The van der Waals surface area contributed by atoms with Gasteiger partial charge in [0.25, 0.3) is 0 Å². The molecular weight excluding hydrogens is 210 g/mol. The Morgan fingerprint density at radius 2 is 2.07 bits per heavy atom. The van der Waals surface area contributed by atoms with E-state index in [1.54, 1.807) is 18.2 Å². The molecule has 4 heteroatoms. The molecule has 0 amide bonds. The molecule has 0 fully saturated rings. The van der Waals surface area contributed by atoms with E-state index in [1.807, 2.05) is 19.1 Å². The van der Waals surface area contributed by atoms with Crippen molar-refractivity contribution in [1.29, 1.82) is 10.5 Å². The maximum Gasteiger partial charge on any atom is 0.145 e. The number of rotatable bonds is 2. The predicted molar refractivity (Wildman–Crippen MR) is 59.1 cm³/mol. The second kappa shape index (κ2) is 5.05. The molecule has 15 heavy (non-hydrogen) atoms. The van der Waals surface area contributed by atoms with Crippen LogP contribution < -0.4 is 5.32 Å². The standard InChI is InChI=1S/C11H8ClN3/c1-8-2-3-10(4-11(8)12)15-7-9(5-13)6-14/h2-4,7,15H,1H3. The van der Waals surface area contributed by atoms with Gasteiger partial charge >= 0.3 is 0 Å². The van der Waals surface area contributed by atoms with Crippen LogP contribution in [0.4, 0.5) is 5.69 Å². The van der Waals surface area contributed by atoms with Crippen molar-refractivity contribution in [2.24, 2.45) is 0 Å². The first-order chi connectivity index (χ1) is 7.17. The number of aryl methyl sites for hydroxylation is 1. The van der Waals surface area contributed by atoms with Crippen molar-refractivity contribution >= 4 is 17.3 Å². The molecule has 0 saturated heterocycles. The molecule has 0 aliphatic heterocycles. The minimum Gasteiger partial charge on any atom is -0.360 e. The van der Waals surface area contributed by atoms with Crippen LogP contribution in [0.1, 0.15) is 5.56 Å². The molecule has 0 heterocycles. The Morgan fingerprint density at radius 1 is 1.40 bits per heavy atom. The number of nitrogens with zero attached hydrogens (tertiary/aromatic N) is 2. The van der Waals surface area contributed by atoms with Gasteiger partial charge in [-0.2, -0.15) is 10.5 Å². The van der Waals surface area contributed by atoms with Crippen LogP contribution in [0.25, 0.3) is 0 Å². The molecule has 0 aliphatic rings. The van der Waals surface area contributed by atoms with E-state index in [2.05, 4.69) is 5.32 Å². The number of allylic oxidation sites excluding steroid dienone is 1. The highest BCUT2D eigenvalue weighted by molar-refractivity contribution is 6.31. The highest BCUT2D eigenvalue weighted by Gasteiger charge is 1.96. The van der Waals surface area contributed by atoms with Gasteiger partial charge in [-0.25, -0.2) is 0 Å². The smallest absolute Gasteiger partial charge is 0.145 e. The van der Waals surface area contributed by atoms with E-state index in [4.69, 9.17) is 22.1 Å². The molecule has 0 atom stereocenters. The molecule has 1 aromatic carbocycles. The fourth-order valence-electron chi connectivity index (χ4n) is 0.928. The van der Waals surface area contributed by atoms with E-state index in [0.717, 1.165) is 11.3 Å². The van der Waals surface area contributed by atoms with E-state index < -0.39 is 0 Å². The summed E-state index contributed by atoms with van der Waals surface area (Å²) in [4.78, 5) is 0. The molecule has 1 rings (SSSR count). The topological polar surface area (TPSA) is 59.6 Å². The average Bonchev–Trinajstić information content (AvgIpc) is 2.24. The Bertz CT molecular complexity index is 462. The molecule has 0 saturated carbocycles. The van der Waals surface area contributed by atoms with Gasteiger partial charge in [0.15, 0.2) is 0 Å². The SMILES string of the molecule is Cc1ccc(NC=C(C#N)C#N)cc1Cl. The van der Waals surface area contributed by atoms with Gasteiger partial charge in [0, 0.05) is 16.9 Å². The summed E-state index contributed by atoms with van der Waals surface area (Å²) in [5.74, 6) is 0. The number of anilines is 1. The van der Waals surface area contributed by atoms with Crippen LogP contribution in [0.15, 0.2) is 30.0 Å². The van der Waals surface area contributed by atoms with Crippen molar-refractivity contribution < 1.29 is 0 Å². The van der Waals surface area contributed by atoms with E-state index >= 15 is 0 Å². The summed E-state index contributed by atoms with van der Waals surface area (Å²) in [6.45, 7) is 1.90. The molecule has 1 N–H and O–H groups in total. The monoisotopic (exact) mass is 217 g/mol. The predicted octanol–water partition coefficient (Wildman–Crippen LogP) is 2.99. The summed E-state index contributed by atoms with van der Waals surface area (Å²) in [7, 11) is 0. The number of nitriles is 2. The molecular formula is C11H8ClN3. The summed E-state index contributed by atoms with van der Waals surface area (Å²) in [6.07, 6.45) is 1.35. The lowest BCUT2D eigenvalue weighted by molar-refractivity contribution is 1.43. The van der Waals surface area contributed by atoms with E-state index in [9.17, 15) is 0 Å². The zero-order chi connectivity index (χ0) is 11.3. The van der Waals surface area contributed by atoms with Crippen molar-refractivity contribution in [3.05, 3.63) is 40.6 Å². The summed E-state index contributed by atoms with van der Waals surface area (Å²) < 4.78 is 0.